The quantitative estimate of drug-likeness (QED) is 0.866. The average Bonchev–Trinajstić information content (AvgIpc) is 2.96. The first-order valence-electron chi connectivity index (χ1n) is 7.42. The second-order valence-corrected chi connectivity index (χ2v) is 5.72. The van der Waals surface area contributed by atoms with E-state index < -0.39 is 5.92 Å². The molecule has 0 spiro atoms. The molecule has 0 aromatic heterocycles. The molecule has 0 atom stereocenters. The molecule has 0 unspecified atom stereocenters. The van der Waals surface area contributed by atoms with E-state index in [9.17, 15) is 8.78 Å². The Morgan fingerprint density at radius 1 is 1.20 bits per heavy atom. The highest BCUT2D eigenvalue weighted by Crippen LogP contribution is 2.38. The fourth-order valence-electron chi connectivity index (χ4n) is 3.31. The van der Waals surface area contributed by atoms with E-state index in [0.29, 0.717) is 13.1 Å². The molecular weight excluding hydrogens is 258 g/mol. The topological polar surface area (TPSA) is 29.3 Å². The molecule has 1 fully saturated rings. The van der Waals surface area contributed by atoms with Gasteiger partial charge in [-0.3, -0.25) is 4.90 Å². The molecule has 20 heavy (non-hydrogen) atoms. The Morgan fingerprint density at radius 2 is 1.80 bits per heavy atom. The Kier molecular flexibility index (Phi) is 4.76. The first kappa shape index (κ1) is 15.4. The van der Waals surface area contributed by atoms with Crippen molar-refractivity contribution in [2.24, 2.45) is 5.73 Å². The number of likely N-dealkylation sites (N-methyl/N-ethyl adjacent to an activating group) is 1. The van der Waals surface area contributed by atoms with Crippen LogP contribution in [0.3, 0.4) is 0 Å². The standard InChI is InChI=1S/C16H24F2N2/c1-2-20(15(12-19)10-6-7-11-15)13-16(17,18)14-8-4-3-5-9-14/h3-5,8-9H,2,6-7,10-13,19H2,1H3. The smallest absolute Gasteiger partial charge is 0.285 e. The molecule has 4 heteroatoms. The molecule has 0 bridgehead atoms. The van der Waals surface area contributed by atoms with Crippen LogP contribution in [0.25, 0.3) is 0 Å². The van der Waals surface area contributed by atoms with Gasteiger partial charge in [0.05, 0.1) is 6.54 Å². The molecule has 0 saturated heterocycles. The van der Waals surface area contributed by atoms with Gasteiger partial charge in [-0.05, 0) is 19.4 Å². The zero-order valence-corrected chi connectivity index (χ0v) is 12.1. The highest BCUT2D eigenvalue weighted by molar-refractivity contribution is 5.20. The molecule has 1 aliphatic carbocycles. The summed E-state index contributed by atoms with van der Waals surface area (Å²) in [5, 5.41) is 0. The Morgan fingerprint density at radius 3 is 2.30 bits per heavy atom. The molecule has 1 saturated carbocycles. The van der Waals surface area contributed by atoms with Gasteiger partial charge in [0.15, 0.2) is 0 Å². The number of rotatable bonds is 6. The van der Waals surface area contributed by atoms with Crippen LogP contribution >= 0.6 is 0 Å². The van der Waals surface area contributed by atoms with Crippen molar-refractivity contribution in [3.63, 3.8) is 0 Å². The lowest BCUT2D eigenvalue weighted by atomic mass is 9.93. The molecule has 1 aliphatic rings. The highest BCUT2D eigenvalue weighted by Gasteiger charge is 2.43. The lowest BCUT2D eigenvalue weighted by molar-refractivity contribution is -0.0643. The van der Waals surface area contributed by atoms with Crippen LogP contribution in [0.5, 0.6) is 0 Å². The Balaban J connectivity index is 2.17. The molecule has 0 heterocycles. The maximum Gasteiger partial charge on any atom is 0.285 e. The summed E-state index contributed by atoms with van der Waals surface area (Å²) >= 11 is 0. The number of hydrogen-bond donors (Lipinski definition) is 1. The lowest BCUT2D eigenvalue weighted by Gasteiger charge is -2.41. The zero-order chi connectivity index (χ0) is 14.6. The molecule has 2 nitrogen and oxygen atoms in total. The molecule has 0 radical (unpaired) electrons. The fourth-order valence-corrected chi connectivity index (χ4v) is 3.31. The summed E-state index contributed by atoms with van der Waals surface area (Å²) in [5.74, 6) is -2.83. The number of hydrogen-bond acceptors (Lipinski definition) is 2. The van der Waals surface area contributed by atoms with E-state index in [-0.39, 0.29) is 17.6 Å². The van der Waals surface area contributed by atoms with Gasteiger partial charge in [0, 0.05) is 17.6 Å². The van der Waals surface area contributed by atoms with Crippen molar-refractivity contribution in [1.29, 1.82) is 0 Å². The molecule has 0 amide bonds. The van der Waals surface area contributed by atoms with E-state index in [4.69, 9.17) is 5.73 Å². The van der Waals surface area contributed by atoms with Crippen LogP contribution in [-0.4, -0.2) is 30.1 Å². The van der Waals surface area contributed by atoms with Gasteiger partial charge in [-0.1, -0.05) is 50.1 Å². The van der Waals surface area contributed by atoms with Crippen LogP contribution in [-0.2, 0) is 5.92 Å². The van der Waals surface area contributed by atoms with E-state index in [1.54, 1.807) is 18.2 Å². The van der Waals surface area contributed by atoms with Crippen LogP contribution in [0.4, 0.5) is 8.78 Å². The first-order chi connectivity index (χ1) is 9.54. The summed E-state index contributed by atoms with van der Waals surface area (Å²) in [6.45, 7) is 2.77. The Labute approximate surface area is 120 Å². The van der Waals surface area contributed by atoms with Crippen LogP contribution in [0.15, 0.2) is 30.3 Å². The molecule has 1 aromatic rings. The highest BCUT2D eigenvalue weighted by atomic mass is 19.3. The normalized spacial score (nSPS) is 18.6. The van der Waals surface area contributed by atoms with Crippen LogP contribution in [0.1, 0.15) is 38.2 Å². The second-order valence-electron chi connectivity index (χ2n) is 5.72. The molecule has 1 aromatic carbocycles. The van der Waals surface area contributed by atoms with Crippen molar-refractivity contribution >= 4 is 0 Å². The Bertz CT molecular complexity index is 414. The van der Waals surface area contributed by atoms with Gasteiger partial charge in [-0.2, -0.15) is 8.78 Å². The average molecular weight is 282 g/mol. The third-order valence-electron chi connectivity index (χ3n) is 4.55. The summed E-state index contributed by atoms with van der Waals surface area (Å²) in [7, 11) is 0. The van der Waals surface area contributed by atoms with E-state index in [2.05, 4.69) is 0 Å². The zero-order valence-electron chi connectivity index (χ0n) is 12.1. The number of nitrogens with zero attached hydrogens (tertiary/aromatic N) is 1. The SMILES string of the molecule is CCN(CC(F)(F)c1ccccc1)C1(CN)CCCC1. The summed E-state index contributed by atoms with van der Waals surface area (Å²) in [5.41, 5.74) is 5.77. The van der Waals surface area contributed by atoms with E-state index in [0.717, 1.165) is 25.7 Å². The minimum atomic E-state index is -2.83. The van der Waals surface area contributed by atoms with Gasteiger partial charge in [-0.25, -0.2) is 0 Å². The maximum atomic E-state index is 14.5. The fraction of sp³-hybridized carbons (Fsp3) is 0.625. The van der Waals surface area contributed by atoms with Crippen molar-refractivity contribution in [3.8, 4) is 0 Å². The minimum absolute atomic E-state index is 0.0867. The van der Waals surface area contributed by atoms with E-state index in [1.165, 1.54) is 12.1 Å². The lowest BCUT2D eigenvalue weighted by Crippen LogP contribution is -2.54. The van der Waals surface area contributed by atoms with E-state index >= 15 is 0 Å². The largest absolute Gasteiger partial charge is 0.329 e. The summed E-state index contributed by atoms with van der Waals surface area (Å²) in [4.78, 5) is 1.90. The number of alkyl halides is 2. The predicted molar refractivity (Wildman–Crippen MR) is 77.8 cm³/mol. The Hall–Kier alpha value is -1.00. The van der Waals surface area contributed by atoms with Crippen LogP contribution < -0.4 is 5.73 Å². The van der Waals surface area contributed by atoms with Gasteiger partial charge in [0.1, 0.15) is 0 Å². The van der Waals surface area contributed by atoms with Crippen molar-refractivity contribution in [2.45, 2.75) is 44.1 Å². The number of nitrogens with two attached hydrogens (primary N) is 1. The third kappa shape index (κ3) is 3.01. The van der Waals surface area contributed by atoms with Crippen molar-refractivity contribution in [3.05, 3.63) is 35.9 Å². The van der Waals surface area contributed by atoms with Crippen LogP contribution in [0.2, 0.25) is 0 Å². The number of halogens is 2. The molecular formula is C16H24F2N2. The van der Waals surface area contributed by atoms with Crippen molar-refractivity contribution < 1.29 is 8.78 Å². The molecule has 0 aliphatic heterocycles. The third-order valence-corrected chi connectivity index (χ3v) is 4.55. The minimum Gasteiger partial charge on any atom is -0.329 e. The van der Waals surface area contributed by atoms with Gasteiger partial charge in [0.2, 0.25) is 0 Å². The van der Waals surface area contributed by atoms with Crippen molar-refractivity contribution in [2.75, 3.05) is 19.6 Å². The summed E-state index contributed by atoms with van der Waals surface area (Å²) < 4.78 is 28.9. The van der Waals surface area contributed by atoms with E-state index in [1.807, 2.05) is 11.8 Å². The first-order valence-corrected chi connectivity index (χ1v) is 7.42. The van der Waals surface area contributed by atoms with Gasteiger partial charge in [0.25, 0.3) is 5.92 Å². The predicted octanol–water partition coefficient (Wildman–Crippen LogP) is 3.37. The van der Waals surface area contributed by atoms with Crippen molar-refractivity contribution in [1.82, 2.24) is 4.90 Å². The van der Waals surface area contributed by atoms with Gasteiger partial charge in [-0.15, -0.1) is 0 Å². The van der Waals surface area contributed by atoms with Gasteiger partial charge < -0.3 is 5.73 Å². The molecule has 2 rings (SSSR count). The molecule has 2 N–H and O–H groups in total. The maximum absolute atomic E-state index is 14.5. The monoisotopic (exact) mass is 282 g/mol. The summed E-state index contributed by atoms with van der Waals surface area (Å²) in [6.07, 6.45) is 4.04. The van der Waals surface area contributed by atoms with Crippen LogP contribution in [0, 0.1) is 0 Å². The molecule has 112 valence electrons. The summed E-state index contributed by atoms with van der Waals surface area (Å²) in [6, 6.07) is 8.08. The second kappa shape index (κ2) is 6.19. The van der Waals surface area contributed by atoms with Gasteiger partial charge >= 0.3 is 0 Å². The number of benzene rings is 1.